The Kier molecular flexibility index (Phi) is 5.21. The topological polar surface area (TPSA) is 90.2 Å². The molecule has 1 aromatic heterocycles. The van der Waals surface area contributed by atoms with Crippen molar-refractivity contribution in [2.75, 3.05) is 5.32 Å². The average molecular weight is 453 g/mol. The number of hydrogen-bond acceptors (Lipinski definition) is 4. The summed E-state index contributed by atoms with van der Waals surface area (Å²) in [6.07, 6.45) is 0. The number of rotatable bonds is 4. The summed E-state index contributed by atoms with van der Waals surface area (Å²) in [5.74, 6) is -1.10. The summed E-state index contributed by atoms with van der Waals surface area (Å²) in [7, 11) is -0.927. The highest BCUT2D eigenvalue weighted by molar-refractivity contribution is 7.91. The predicted molar refractivity (Wildman–Crippen MR) is 119 cm³/mol. The number of hydrogen-bond donors (Lipinski definition) is 1. The van der Waals surface area contributed by atoms with E-state index in [2.05, 4.69) is 5.32 Å². The number of amides is 1. The summed E-state index contributed by atoms with van der Waals surface area (Å²) >= 11 is 0. The molecule has 0 aliphatic rings. The summed E-state index contributed by atoms with van der Waals surface area (Å²) in [6, 6.07) is 14.1. The lowest BCUT2D eigenvalue weighted by Crippen LogP contribution is -2.19. The van der Waals surface area contributed by atoms with Crippen molar-refractivity contribution in [2.24, 2.45) is 14.1 Å². The Bertz CT molecular complexity index is 1520. The lowest BCUT2D eigenvalue weighted by molar-refractivity contribution is 0.102. The van der Waals surface area contributed by atoms with Crippen LogP contribution in [0.2, 0.25) is 0 Å². The SMILES string of the molecule is Cc1ccc(S(=O)(=O)c2cc3c(cc2NC(=O)c2ccc(F)cc2)n(C)c(=O)n3C)cc1. The predicted octanol–water partition coefficient (Wildman–Crippen LogP) is 3.41. The molecule has 0 spiro atoms. The van der Waals surface area contributed by atoms with Crippen LogP contribution in [0.3, 0.4) is 0 Å². The van der Waals surface area contributed by atoms with Gasteiger partial charge in [-0.3, -0.25) is 13.9 Å². The number of aryl methyl sites for hydroxylation is 3. The van der Waals surface area contributed by atoms with Crippen LogP contribution in [0.5, 0.6) is 0 Å². The maximum Gasteiger partial charge on any atom is 0.328 e. The largest absolute Gasteiger partial charge is 0.328 e. The first-order valence-electron chi connectivity index (χ1n) is 9.68. The van der Waals surface area contributed by atoms with Gasteiger partial charge < -0.3 is 5.32 Å². The van der Waals surface area contributed by atoms with Gasteiger partial charge in [-0.05, 0) is 55.5 Å². The molecule has 0 atom stereocenters. The zero-order chi connectivity index (χ0) is 23.2. The van der Waals surface area contributed by atoms with Gasteiger partial charge in [-0.1, -0.05) is 17.7 Å². The van der Waals surface area contributed by atoms with E-state index in [1.807, 2.05) is 6.92 Å². The van der Waals surface area contributed by atoms with Gasteiger partial charge in [0.1, 0.15) is 5.82 Å². The maximum absolute atomic E-state index is 13.5. The second-order valence-corrected chi connectivity index (χ2v) is 9.43. The van der Waals surface area contributed by atoms with Crippen molar-refractivity contribution < 1.29 is 17.6 Å². The highest BCUT2D eigenvalue weighted by Gasteiger charge is 2.25. The number of sulfone groups is 1. The normalized spacial score (nSPS) is 11.6. The summed E-state index contributed by atoms with van der Waals surface area (Å²) in [6.45, 7) is 1.84. The van der Waals surface area contributed by atoms with Crippen LogP contribution in [0, 0.1) is 12.7 Å². The molecule has 0 saturated carbocycles. The molecular formula is C23H20FN3O4S. The molecule has 1 heterocycles. The van der Waals surface area contributed by atoms with Crippen molar-refractivity contribution in [1.29, 1.82) is 0 Å². The fourth-order valence-electron chi connectivity index (χ4n) is 3.49. The lowest BCUT2D eigenvalue weighted by atomic mass is 10.2. The van der Waals surface area contributed by atoms with Gasteiger partial charge in [0.25, 0.3) is 5.91 Å². The molecule has 0 bridgehead atoms. The van der Waals surface area contributed by atoms with E-state index in [-0.39, 0.29) is 26.7 Å². The zero-order valence-corrected chi connectivity index (χ0v) is 18.4. The van der Waals surface area contributed by atoms with Crippen molar-refractivity contribution >= 4 is 32.5 Å². The number of nitrogens with zero attached hydrogens (tertiary/aromatic N) is 2. The Morgan fingerprint density at radius 3 is 2.06 bits per heavy atom. The van der Waals surface area contributed by atoms with Crippen LogP contribution in [0.15, 0.2) is 75.2 Å². The fourth-order valence-corrected chi connectivity index (χ4v) is 4.90. The number of halogens is 1. The molecule has 7 nitrogen and oxygen atoms in total. The average Bonchev–Trinajstić information content (AvgIpc) is 2.97. The van der Waals surface area contributed by atoms with Crippen molar-refractivity contribution in [1.82, 2.24) is 9.13 Å². The number of carbonyl (C=O) groups excluding carboxylic acids is 1. The molecule has 4 aromatic rings. The van der Waals surface area contributed by atoms with Gasteiger partial charge in [-0.15, -0.1) is 0 Å². The molecule has 4 rings (SSSR count). The summed E-state index contributed by atoms with van der Waals surface area (Å²) in [5, 5.41) is 2.62. The second kappa shape index (κ2) is 7.76. The van der Waals surface area contributed by atoms with Gasteiger partial charge >= 0.3 is 5.69 Å². The molecule has 0 fully saturated rings. The fraction of sp³-hybridized carbons (Fsp3) is 0.130. The minimum atomic E-state index is -4.03. The van der Waals surface area contributed by atoms with Crippen LogP contribution in [0.4, 0.5) is 10.1 Å². The van der Waals surface area contributed by atoms with Crippen LogP contribution in [-0.4, -0.2) is 23.5 Å². The minimum Gasteiger partial charge on any atom is -0.321 e. The number of carbonyl (C=O) groups is 1. The van der Waals surface area contributed by atoms with E-state index in [0.29, 0.717) is 11.0 Å². The first kappa shape index (κ1) is 21.5. The standard InChI is InChI=1S/C23H20FN3O4S/c1-14-4-10-17(11-5-14)32(30,31)21-13-20-19(26(2)23(29)27(20)3)12-18(21)25-22(28)15-6-8-16(24)9-7-15/h4-13H,1-3H3,(H,25,28). The number of benzene rings is 3. The van der Waals surface area contributed by atoms with Gasteiger partial charge in [0.15, 0.2) is 0 Å². The van der Waals surface area contributed by atoms with Gasteiger partial charge in [0.2, 0.25) is 9.84 Å². The van der Waals surface area contributed by atoms with Crippen molar-refractivity contribution in [2.45, 2.75) is 16.7 Å². The number of imidazole rings is 1. The molecule has 0 saturated heterocycles. The van der Waals surface area contributed by atoms with E-state index in [9.17, 15) is 22.4 Å². The molecule has 0 aliphatic carbocycles. The molecule has 9 heteroatoms. The molecule has 3 aromatic carbocycles. The number of nitrogens with one attached hydrogen (secondary N) is 1. The third-order valence-electron chi connectivity index (χ3n) is 5.35. The van der Waals surface area contributed by atoms with E-state index in [0.717, 1.165) is 17.7 Å². The van der Waals surface area contributed by atoms with Crippen LogP contribution in [0.1, 0.15) is 15.9 Å². The first-order chi connectivity index (χ1) is 15.1. The molecular weight excluding hydrogens is 433 g/mol. The molecule has 0 radical (unpaired) electrons. The van der Waals surface area contributed by atoms with Crippen molar-refractivity contribution in [3.8, 4) is 0 Å². The maximum atomic E-state index is 13.5. The molecule has 32 heavy (non-hydrogen) atoms. The highest BCUT2D eigenvalue weighted by Crippen LogP contribution is 2.32. The van der Waals surface area contributed by atoms with Gasteiger partial charge in [-0.2, -0.15) is 0 Å². The van der Waals surface area contributed by atoms with E-state index < -0.39 is 21.6 Å². The number of fused-ring (bicyclic) bond motifs is 1. The van der Waals surface area contributed by atoms with Crippen molar-refractivity contribution in [3.05, 3.63) is 88.1 Å². The van der Waals surface area contributed by atoms with E-state index in [4.69, 9.17) is 0 Å². The van der Waals surface area contributed by atoms with Crippen LogP contribution in [0.25, 0.3) is 11.0 Å². The van der Waals surface area contributed by atoms with Crippen LogP contribution in [-0.2, 0) is 23.9 Å². The van der Waals surface area contributed by atoms with Crippen LogP contribution < -0.4 is 11.0 Å². The third-order valence-corrected chi connectivity index (χ3v) is 7.16. The van der Waals surface area contributed by atoms with Gasteiger partial charge in [-0.25, -0.2) is 17.6 Å². The van der Waals surface area contributed by atoms with E-state index >= 15 is 0 Å². The number of anilines is 1. The summed E-state index contributed by atoms with van der Waals surface area (Å²) in [4.78, 5) is 25.1. The molecule has 164 valence electrons. The first-order valence-corrected chi connectivity index (χ1v) is 11.2. The Morgan fingerprint density at radius 2 is 1.47 bits per heavy atom. The smallest absolute Gasteiger partial charge is 0.321 e. The Labute approximate surface area is 183 Å². The molecule has 1 amide bonds. The summed E-state index contributed by atoms with van der Waals surface area (Å²) in [5.41, 5.74) is 1.61. The highest BCUT2D eigenvalue weighted by atomic mass is 32.2. The number of aromatic nitrogens is 2. The summed E-state index contributed by atoms with van der Waals surface area (Å²) < 4.78 is 42.9. The Balaban J connectivity index is 1.92. The monoisotopic (exact) mass is 453 g/mol. The second-order valence-electron chi connectivity index (χ2n) is 7.52. The quantitative estimate of drug-likeness (QED) is 0.513. The van der Waals surface area contributed by atoms with Gasteiger partial charge in [0.05, 0.1) is 26.5 Å². The van der Waals surface area contributed by atoms with E-state index in [1.54, 1.807) is 26.2 Å². The lowest BCUT2D eigenvalue weighted by Gasteiger charge is -2.14. The molecule has 0 unspecified atom stereocenters. The Hall–Kier alpha value is -3.72. The minimum absolute atomic E-state index is 0.0219. The van der Waals surface area contributed by atoms with Gasteiger partial charge in [0, 0.05) is 19.7 Å². The molecule has 1 N–H and O–H groups in total. The third kappa shape index (κ3) is 3.60. The zero-order valence-electron chi connectivity index (χ0n) is 17.6. The Morgan fingerprint density at radius 1 is 0.906 bits per heavy atom. The molecule has 0 aliphatic heterocycles. The van der Waals surface area contributed by atoms with E-state index in [1.165, 1.54) is 45.5 Å². The van der Waals surface area contributed by atoms with Crippen LogP contribution >= 0.6 is 0 Å². The van der Waals surface area contributed by atoms with Crippen molar-refractivity contribution in [3.63, 3.8) is 0 Å².